The van der Waals surface area contributed by atoms with Gasteiger partial charge in [-0.3, -0.25) is 9.36 Å². The Kier molecular flexibility index (Phi) is 6.75. The van der Waals surface area contributed by atoms with Crippen molar-refractivity contribution in [1.82, 2.24) is 9.55 Å². The smallest absolute Gasteiger partial charge is 0.262 e. The molecule has 28 heavy (non-hydrogen) atoms. The lowest BCUT2D eigenvalue weighted by Gasteiger charge is -2.17. The Morgan fingerprint density at radius 3 is 2.61 bits per heavy atom. The standard InChI is InChI=1S/C22H26N2O3S/c1-15(2)12-24-21(26)18-9-5-6-10-19(18)23-22(24)28-14-17(25)13-27-20-11-7-4-8-16(20)3/h4-11,15,17,25H,12-14H2,1-3H3/t17-/m0/s1. The van der Waals surface area contributed by atoms with Crippen molar-refractivity contribution in [2.45, 2.75) is 38.6 Å². The number of ether oxygens (including phenoxy) is 1. The quantitative estimate of drug-likeness (QED) is 0.461. The minimum Gasteiger partial charge on any atom is -0.491 e. The first-order chi connectivity index (χ1) is 13.5. The van der Waals surface area contributed by atoms with Gasteiger partial charge in [-0.25, -0.2) is 4.98 Å². The summed E-state index contributed by atoms with van der Waals surface area (Å²) in [6.45, 7) is 6.90. The van der Waals surface area contributed by atoms with E-state index in [2.05, 4.69) is 18.8 Å². The topological polar surface area (TPSA) is 64.3 Å². The molecule has 0 saturated heterocycles. The second kappa shape index (κ2) is 9.26. The summed E-state index contributed by atoms with van der Waals surface area (Å²) < 4.78 is 7.44. The van der Waals surface area contributed by atoms with E-state index in [0.717, 1.165) is 11.3 Å². The minimum atomic E-state index is -0.666. The number of rotatable bonds is 8. The molecule has 1 heterocycles. The normalized spacial score (nSPS) is 12.5. The predicted molar refractivity (Wildman–Crippen MR) is 114 cm³/mol. The predicted octanol–water partition coefficient (Wildman–Crippen LogP) is 3.89. The number of fused-ring (bicyclic) bond motifs is 1. The van der Waals surface area contributed by atoms with Gasteiger partial charge >= 0.3 is 0 Å². The van der Waals surface area contributed by atoms with Gasteiger partial charge in [0.15, 0.2) is 5.16 Å². The molecular formula is C22H26N2O3S. The fourth-order valence-electron chi connectivity index (χ4n) is 2.91. The Morgan fingerprint density at radius 1 is 1.14 bits per heavy atom. The van der Waals surface area contributed by atoms with Crippen LogP contribution in [-0.2, 0) is 6.54 Å². The lowest BCUT2D eigenvalue weighted by molar-refractivity contribution is 0.126. The molecule has 0 aliphatic rings. The van der Waals surface area contributed by atoms with Gasteiger partial charge < -0.3 is 9.84 Å². The van der Waals surface area contributed by atoms with Crippen LogP contribution in [0.5, 0.6) is 5.75 Å². The van der Waals surface area contributed by atoms with Gasteiger partial charge in [-0.05, 0) is 36.6 Å². The zero-order valence-electron chi connectivity index (χ0n) is 16.5. The summed E-state index contributed by atoms with van der Waals surface area (Å²) in [5.41, 5.74) is 1.68. The number of hydrogen-bond acceptors (Lipinski definition) is 5. The molecule has 3 rings (SSSR count). The van der Waals surface area contributed by atoms with Crippen molar-refractivity contribution >= 4 is 22.7 Å². The molecule has 0 bridgehead atoms. The highest BCUT2D eigenvalue weighted by molar-refractivity contribution is 7.99. The Morgan fingerprint density at radius 2 is 1.86 bits per heavy atom. The molecule has 0 fully saturated rings. The lowest BCUT2D eigenvalue weighted by Crippen LogP contribution is -2.26. The zero-order valence-corrected chi connectivity index (χ0v) is 17.3. The van der Waals surface area contributed by atoms with Gasteiger partial charge in [0.25, 0.3) is 5.56 Å². The van der Waals surface area contributed by atoms with E-state index >= 15 is 0 Å². The second-order valence-corrected chi connectivity index (χ2v) is 8.25. The molecule has 2 aromatic carbocycles. The Labute approximate surface area is 169 Å². The van der Waals surface area contributed by atoms with Crippen LogP contribution in [0.25, 0.3) is 10.9 Å². The molecule has 0 spiro atoms. The van der Waals surface area contributed by atoms with Crippen LogP contribution >= 0.6 is 11.8 Å². The first kappa shape index (κ1) is 20.4. The van der Waals surface area contributed by atoms with Crippen molar-refractivity contribution in [3.8, 4) is 5.75 Å². The molecule has 0 aliphatic heterocycles. The maximum Gasteiger partial charge on any atom is 0.262 e. The highest BCUT2D eigenvalue weighted by atomic mass is 32.2. The van der Waals surface area contributed by atoms with Gasteiger partial charge in [-0.2, -0.15) is 0 Å². The van der Waals surface area contributed by atoms with Crippen molar-refractivity contribution < 1.29 is 9.84 Å². The highest BCUT2D eigenvalue weighted by Gasteiger charge is 2.15. The first-order valence-corrected chi connectivity index (χ1v) is 10.4. The fraction of sp³-hybridized carbons (Fsp3) is 0.364. The van der Waals surface area contributed by atoms with E-state index in [9.17, 15) is 9.90 Å². The van der Waals surface area contributed by atoms with Crippen LogP contribution in [0.2, 0.25) is 0 Å². The van der Waals surface area contributed by atoms with E-state index in [1.54, 1.807) is 10.6 Å². The second-order valence-electron chi connectivity index (χ2n) is 7.26. The number of nitrogens with zero attached hydrogens (tertiary/aromatic N) is 2. The molecule has 0 aliphatic carbocycles. The van der Waals surface area contributed by atoms with Crippen LogP contribution < -0.4 is 10.3 Å². The summed E-state index contributed by atoms with van der Waals surface area (Å²) in [4.78, 5) is 17.6. The number of para-hydroxylation sites is 2. The average molecular weight is 399 g/mol. The molecule has 0 radical (unpaired) electrons. The molecule has 0 amide bonds. The average Bonchev–Trinajstić information content (AvgIpc) is 2.68. The maximum absolute atomic E-state index is 12.9. The van der Waals surface area contributed by atoms with Crippen LogP contribution in [0.4, 0.5) is 0 Å². The molecule has 6 heteroatoms. The molecule has 1 atom stereocenters. The molecule has 3 aromatic rings. The molecular weight excluding hydrogens is 372 g/mol. The minimum absolute atomic E-state index is 0.0348. The van der Waals surface area contributed by atoms with Gasteiger partial charge in [-0.15, -0.1) is 0 Å². The molecule has 1 aromatic heterocycles. The third kappa shape index (κ3) is 4.94. The van der Waals surface area contributed by atoms with Crippen LogP contribution in [0.1, 0.15) is 19.4 Å². The van der Waals surface area contributed by atoms with Crippen molar-refractivity contribution in [2.75, 3.05) is 12.4 Å². The Bertz CT molecular complexity index is 1000. The summed E-state index contributed by atoms with van der Waals surface area (Å²) in [5.74, 6) is 1.48. The third-order valence-electron chi connectivity index (χ3n) is 4.30. The molecule has 0 saturated carbocycles. The van der Waals surface area contributed by atoms with E-state index in [-0.39, 0.29) is 12.2 Å². The number of aliphatic hydroxyl groups excluding tert-OH is 1. The number of benzene rings is 2. The first-order valence-electron chi connectivity index (χ1n) is 9.44. The van der Waals surface area contributed by atoms with E-state index in [0.29, 0.717) is 34.3 Å². The summed E-state index contributed by atoms with van der Waals surface area (Å²) in [5, 5.41) is 11.6. The third-order valence-corrected chi connectivity index (χ3v) is 5.43. The van der Waals surface area contributed by atoms with Crippen LogP contribution in [0, 0.1) is 12.8 Å². The SMILES string of the molecule is Cc1ccccc1OC[C@H](O)CSc1nc2ccccc2c(=O)n1CC(C)C. The monoisotopic (exact) mass is 398 g/mol. The van der Waals surface area contributed by atoms with Crippen molar-refractivity contribution in [1.29, 1.82) is 0 Å². The molecule has 5 nitrogen and oxygen atoms in total. The summed E-state index contributed by atoms with van der Waals surface area (Å²) in [6, 6.07) is 15.1. The molecule has 148 valence electrons. The number of aryl methyl sites for hydroxylation is 1. The molecule has 1 N–H and O–H groups in total. The zero-order chi connectivity index (χ0) is 20.1. The van der Waals surface area contributed by atoms with Gasteiger partial charge in [0.05, 0.1) is 17.0 Å². The van der Waals surface area contributed by atoms with Gasteiger partial charge in [0.2, 0.25) is 0 Å². The summed E-state index contributed by atoms with van der Waals surface area (Å²) in [6.07, 6.45) is -0.666. The Balaban J connectivity index is 1.73. The highest BCUT2D eigenvalue weighted by Crippen LogP contribution is 2.21. The number of aliphatic hydroxyl groups is 1. The van der Waals surface area contributed by atoms with Crippen molar-refractivity contribution in [3.05, 3.63) is 64.4 Å². The molecule has 0 unspecified atom stereocenters. The number of thioether (sulfide) groups is 1. The number of hydrogen-bond donors (Lipinski definition) is 1. The van der Waals surface area contributed by atoms with Crippen LogP contribution in [0.3, 0.4) is 0 Å². The van der Waals surface area contributed by atoms with E-state index in [1.165, 1.54) is 11.8 Å². The summed E-state index contributed by atoms with van der Waals surface area (Å²) >= 11 is 1.39. The van der Waals surface area contributed by atoms with Crippen LogP contribution in [0.15, 0.2) is 58.5 Å². The fourth-order valence-corrected chi connectivity index (χ4v) is 3.82. The van der Waals surface area contributed by atoms with E-state index in [1.807, 2.05) is 49.4 Å². The van der Waals surface area contributed by atoms with Gasteiger partial charge in [-0.1, -0.05) is 55.9 Å². The lowest BCUT2D eigenvalue weighted by atomic mass is 10.2. The Hall–Kier alpha value is -2.31. The van der Waals surface area contributed by atoms with Crippen molar-refractivity contribution in [2.24, 2.45) is 5.92 Å². The van der Waals surface area contributed by atoms with E-state index in [4.69, 9.17) is 4.74 Å². The maximum atomic E-state index is 12.9. The van der Waals surface area contributed by atoms with E-state index < -0.39 is 6.10 Å². The van der Waals surface area contributed by atoms with Gasteiger partial charge in [0.1, 0.15) is 12.4 Å². The van der Waals surface area contributed by atoms with Crippen molar-refractivity contribution in [3.63, 3.8) is 0 Å². The largest absolute Gasteiger partial charge is 0.491 e. The van der Waals surface area contributed by atoms with Gasteiger partial charge in [0, 0.05) is 12.3 Å². The number of aromatic nitrogens is 2. The summed E-state index contributed by atoms with van der Waals surface area (Å²) in [7, 11) is 0. The van der Waals surface area contributed by atoms with Crippen LogP contribution in [-0.4, -0.2) is 33.1 Å².